The number of carbonyl (C=O) groups is 3. The Balaban J connectivity index is 2.37. The standard InChI is InChI=1S/C23H29FN2O5/c1-6-26-16(4)21(15(3)22(26)23(29)31-7-2)19(27)13-25(20(28)14-30-5)12-17-8-10-18(24)11-9-17/h8-11H,6-7,12-14H2,1-5H3. The Kier molecular flexibility index (Phi) is 8.50. The molecule has 0 aliphatic heterocycles. The Morgan fingerprint density at radius 3 is 2.29 bits per heavy atom. The fourth-order valence-electron chi connectivity index (χ4n) is 3.67. The molecule has 1 aromatic heterocycles. The van der Waals surface area contributed by atoms with Crippen molar-refractivity contribution in [3.05, 3.63) is 58.2 Å². The molecule has 0 aliphatic carbocycles. The summed E-state index contributed by atoms with van der Waals surface area (Å²) in [5.41, 5.74) is 2.61. The van der Waals surface area contributed by atoms with E-state index in [9.17, 15) is 18.8 Å². The molecule has 0 aliphatic rings. The van der Waals surface area contributed by atoms with E-state index >= 15 is 0 Å². The molecule has 0 spiro atoms. The summed E-state index contributed by atoms with van der Waals surface area (Å²) in [7, 11) is 1.40. The molecular formula is C23H29FN2O5. The van der Waals surface area contributed by atoms with Gasteiger partial charge in [0.05, 0.1) is 13.2 Å². The second kappa shape index (κ2) is 10.9. The van der Waals surface area contributed by atoms with Crippen LogP contribution in [0.3, 0.4) is 0 Å². The summed E-state index contributed by atoms with van der Waals surface area (Å²) in [5, 5.41) is 0. The molecule has 0 radical (unpaired) electrons. The van der Waals surface area contributed by atoms with Crippen molar-refractivity contribution in [1.29, 1.82) is 0 Å². The molecule has 1 heterocycles. The maximum absolute atomic E-state index is 13.3. The molecule has 168 valence electrons. The minimum Gasteiger partial charge on any atom is -0.461 e. The third-order valence-electron chi connectivity index (χ3n) is 5.07. The van der Waals surface area contributed by atoms with Gasteiger partial charge in [0.2, 0.25) is 5.91 Å². The highest BCUT2D eigenvalue weighted by Gasteiger charge is 2.28. The zero-order valence-electron chi connectivity index (χ0n) is 18.7. The van der Waals surface area contributed by atoms with E-state index in [1.165, 1.54) is 24.1 Å². The fraction of sp³-hybridized carbons (Fsp3) is 0.435. The first-order chi connectivity index (χ1) is 14.7. The highest BCUT2D eigenvalue weighted by molar-refractivity contribution is 6.04. The number of aromatic nitrogens is 1. The second-order valence-corrected chi connectivity index (χ2v) is 7.13. The zero-order valence-corrected chi connectivity index (χ0v) is 18.7. The molecule has 7 nitrogen and oxygen atoms in total. The number of amides is 1. The molecule has 1 amide bonds. The summed E-state index contributed by atoms with van der Waals surface area (Å²) >= 11 is 0. The first-order valence-corrected chi connectivity index (χ1v) is 10.2. The number of rotatable bonds is 10. The number of nitrogens with zero attached hydrogens (tertiary/aromatic N) is 2. The smallest absolute Gasteiger partial charge is 0.355 e. The van der Waals surface area contributed by atoms with E-state index in [2.05, 4.69) is 0 Å². The Hall–Kier alpha value is -3.00. The van der Waals surface area contributed by atoms with Gasteiger partial charge in [-0.1, -0.05) is 12.1 Å². The molecule has 0 atom stereocenters. The number of ether oxygens (including phenoxy) is 2. The van der Waals surface area contributed by atoms with Crippen LogP contribution in [0.25, 0.3) is 0 Å². The first-order valence-electron chi connectivity index (χ1n) is 10.2. The second-order valence-electron chi connectivity index (χ2n) is 7.13. The van der Waals surface area contributed by atoms with Crippen LogP contribution >= 0.6 is 0 Å². The van der Waals surface area contributed by atoms with Crippen LogP contribution in [0.2, 0.25) is 0 Å². The van der Waals surface area contributed by atoms with Crippen molar-refractivity contribution in [3.63, 3.8) is 0 Å². The van der Waals surface area contributed by atoms with Crippen LogP contribution in [0, 0.1) is 19.7 Å². The molecule has 2 rings (SSSR count). The number of carbonyl (C=O) groups excluding carboxylic acids is 3. The van der Waals surface area contributed by atoms with Gasteiger partial charge in [0.15, 0.2) is 5.78 Å². The average molecular weight is 432 g/mol. The minimum absolute atomic E-state index is 0.130. The van der Waals surface area contributed by atoms with E-state index in [1.807, 2.05) is 6.92 Å². The zero-order chi connectivity index (χ0) is 23.1. The summed E-state index contributed by atoms with van der Waals surface area (Å²) in [6.45, 7) is 7.56. The Labute approximate surface area is 181 Å². The lowest BCUT2D eigenvalue weighted by Gasteiger charge is -2.22. The topological polar surface area (TPSA) is 77.8 Å². The molecule has 0 saturated heterocycles. The molecule has 0 bridgehead atoms. The van der Waals surface area contributed by atoms with Crippen molar-refractivity contribution in [2.24, 2.45) is 0 Å². The quantitative estimate of drug-likeness (QED) is 0.425. The van der Waals surface area contributed by atoms with Gasteiger partial charge in [0.25, 0.3) is 0 Å². The predicted molar refractivity (Wildman–Crippen MR) is 114 cm³/mol. The molecule has 0 N–H and O–H groups in total. The van der Waals surface area contributed by atoms with Gasteiger partial charge in [-0.3, -0.25) is 9.59 Å². The third kappa shape index (κ3) is 5.58. The van der Waals surface area contributed by atoms with Crippen molar-refractivity contribution in [3.8, 4) is 0 Å². The van der Waals surface area contributed by atoms with E-state index in [-0.39, 0.29) is 43.8 Å². The number of Topliss-reactive ketones (excluding diaryl/α,β-unsaturated/α-hetero) is 1. The number of hydrogen-bond donors (Lipinski definition) is 0. The summed E-state index contributed by atoms with van der Waals surface area (Å²) in [6, 6.07) is 5.74. The summed E-state index contributed by atoms with van der Waals surface area (Å²) in [4.78, 5) is 39.6. The van der Waals surface area contributed by atoms with Crippen molar-refractivity contribution in [1.82, 2.24) is 9.47 Å². The van der Waals surface area contributed by atoms with E-state index in [0.29, 0.717) is 34.6 Å². The van der Waals surface area contributed by atoms with Gasteiger partial charge in [-0.2, -0.15) is 0 Å². The van der Waals surface area contributed by atoms with Crippen molar-refractivity contribution in [2.75, 3.05) is 26.9 Å². The molecule has 31 heavy (non-hydrogen) atoms. The SMILES string of the molecule is CCOC(=O)c1c(C)c(C(=O)CN(Cc2ccc(F)cc2)C(=O)COC)c(C)n1CC. The minimum atomic E-state index is -0.484. The number of ketones is 1. The van der Waals surface area contributed by atoms with Gasteiger partial charge in [-0.15, -0.1) is 0 Å². The number of hydrogen-bond acceptors (Lipinski definition) is 5. The van der Waals surface area contributed by atoms with Gasteiger partial charge >= 0.3 is 5.97 Å². The maximum atomic E-state index is 13.3. The van der Waals surface area contributed by atoms with Gasteiger partial charge < -0.3 is 18.9 Å². The Morgan fingerprint density at radius 2 is 1.74 bits per heavy atom. The molecular weight excluding hydrogens is 403 g/mol. The van der Waals surface area contributed by atoms with Gasteiger partial charge in [0, 0.05) is 31.5 Å². The highest BCUT2D eigenvalue weighted by atomic mass is 19.1. The average Bonchev–Trinajstić information content (AvgIpc) is 2.98. The lowest BCUT2D eigenvalue weighted by molar-refractivity contribution is -0.135. The largest absolute Gasteiger partial charge is 0.461 e. The number of methoxy groups -OCH3 is 1. The summed E-state index contributed by atoms with van der Waals surface area (Å²) < 4.78 is 25.1. The van der Waals surface area contributed by atoms with Crippen LogP contribution in [-0.2, 0) is 27.4 Å². The fourth-order valence-corrected chi connectivity index (χ4v) is 3.67. The maximum Gasteiger partial charge on any atom is 0.355 e. The van der Waals surface area contributed by atoms with Crippen LogP contribution in [0.1, 0.15) is 51.5 Å². The van der Waals surface area contributed by atoms with Crippen LogP contribution in [0.15, 0.2) is 24.3 Å². The molecule has 0 unspecified atom stereocenters. The molecule has 1 aromatic carbocycles. The van der Waals surface area contributed by atoms with Gasteiger partial charge in [0.1, 0.15) is 18.1 Å². The number of halogens is 1. The molecule has 2 aromatic rings. The van der Waals surface area contributed by atoms with Crippen LogP contribution < -0.4 is 0 Å². The monoisotopic (exact) mass is 432 g/mol. The molecule has 8 heteroatoms. The van der Waals surface area contributed by atoms with E-state index in [4.69, 9.17) is 9.47 Å². The van der Waals surface area contributed by atoms with Crippen molar-refractivity contribution < 1.29 is 28.2 Å². The number of benzene rings is 1. The van der Waals surface area contributed by atoms with Crippen LogP contribution in [0.5, 0.6) is 0 Å². The molecule has 0 saturated carbocycles. The highest BCUT2D eigenvalue weighted by Crippen LogP contribution is 2.24. The van der Waals surface area contributed by atoms with Crippen LogP contribution in [0.4, 0.5) is 4.39 Å². The van der Waals surface area contributed by atoms with Gasteiger partial charge in [-0.25, -0.2) is 9.18 Å². The Bertz CT molecular complexity index is 950. The lowest BCUT2D eigenvalue weighted by atomic mass is 10.0. The van der Waals surface area contributed by atoms with E-state index in [0.717, 1.165) is 0 Å². The lowest BCUT2D eigenvalue weighted by Crippen LogP contribution is -2.37. The van der Waals surface area contributed by atoms with Crippen molar-refractivity contribution >= 4 is 17.7 Å². The predicted octanol–water partition coefficient (Wildman–Crippen LogP) is 3.30. The van der Waals surface area contributed by atoms with E-state index < -0.39 is 5.97 Å². The van der Waals surface area contributed by atoms with Crippen LogP contribution in [-0.4, -0.2) is 54.0 Å². The van der Waals surface area contributed by atoms with Crippen molar-refractivity contribution in [2.45, 2.75) is 40.8 Å². The summed E-state index contributed by atoms with van der Waals surface area (Å²) in [5.74, 6) is -1.52. The normalized spacial score (nSPS) is 10.8. The van der Waals surface area contributed by atoms with E-state index in [1.54, 1.807) is 37.5 Å². The summed E-state index contributed by atoms with van der Waals surface area (Å²) in [6.07, 6.45) is 0. The Morgan fingerprint density at radius 1 is 1.10 bits per heavy atom. The van der Waals surface area contributed by atoms with Gasteiger partial charge in [-0.05, 0) is 51.0 Å². The number of esters is 1. The molecule has 0 fully saturated rings. The third-order valence-corrected chi connectivity index (χ3v) is 5.07. The first kappa shape index (κ1) is 24.3.